The number of pyridine rings is 1. The summed E-state index contributed by atoms with van der Waals surface area (Å²) in [5, 5.41) is 4.13. The number of nitrogens with one attached hydrogen (secondary N) is 2. The largest absolute Gasteiger partial charge is 0.367 e. The van der Waals surface area contributed by atoms with Crippen LogP contribution in [0.2, 0.25) is 0 Å². The van der Waals surface area contributed by atoms with Gasteiger partial charge in [-0.25, -0.2) is 13.8 Å². The molecule has 0 saturated carbocycles. The van der Waals surface area contributed by atoms with Crippen LogP contribution < -0.4 is 10.2 Å². The van der Waals surface area contributed by atoms with E-state index in [0.29, 0.717) is 18.7 Å². The Hall–Kier alpha value is -3.91. The highest BCUT2D eigenvalue weighted by atomic mass is 19.2. The smallest absolute Gasteiger partial charge is 0.182 e. The number of nitrogens with zero attached hydrogens (tertiary/aromatic N) is 4. The van der Waals surface area contributed by atoms with Crippen molar-refractivity contribution in [2.45, 2.75) is 0 Å². The summed E-state index contributed by atoms with van der Waals surface area (Å²) in [5.74, 6) is -1.67. The summed E-state index contributed by atoms with van der Waals surface area (Å²) in [7, 11) is 0. The standard InChI is InChI=1S/C25H20F2N6/c26-20-10-16(12-23(24(20)27)33-7-5-28-6-8-33)17-9-18-19(14-32-25(18)31-13-17)15-1-2-21-22(11-15)30-4-3-29-21/h1-4,9-14,28H,5-8H2,(H,31,32). The van der Waals surface area contributed by atoms with Crippen molar-refractivity contribution in [1.82, 2.24) is 25.3 Å². The van der Waals surface area contributed by atoms with Crippen molar-refractivity contribution in [2.24, 2.45) is 0 Å². The summed E-state index contributed by atoms with van der Waals surface area (Å²) < 4.78 is 29.2. The highest BCUT2D eigenvalue weighted by Gasteiger charge is 2.20. The van der Waals surface area contributed by atoms with Crippen molar-refractivity contribution in [3.8, 4) is 22.3 Å². The zero-order valence-electron chi connectivity index (χ0n) is 17.6. The van der Waals surface area contributed by atoms with Crippen LogP contribution in [0, 0.1) is 11.6 Å². The number of benzene rings is 2. The number of hydrogen-bond acceptors (Lipinski definition) is 5. The van der Waals surface area contributed by atoms with Crippen LogP contribution in [0.25, 0.3) is 44.3 Å². The van der Waals surface area contributed by atoms with E-state index in [9.17, 15) is 8.78 Å². The molecule has 0 bridgehead atoms. The molecule has 1 saturated heterocycles. The van der Waals surface area contributed by atoms with Gasteiger partial charge in [0.15, 0.2) is 11.6 Å². The molecular formula is C25H20F2N6. The SMILES string of the molecule is Fc1cc(-c2cnc3[nH]cc(-c4ccc5nccnc5c4)c3c2)cc(N2CCNCC2)c1F. The molecule has 1 aliphatic rings. The normalized spacial score (nSPS) is 14.3. The highest BCUT2D eigenvalue weighted by molar-refractivity contribution is 5.97. The molecule has 2 aromatic carbocycles. The van der Waals surface area contributed by atoms with E-state index < -0.39 is 11.6 Å². The molecule has 6 nitrogen and oxygen atoms in total. The lowest BCUT2D eigenvalue weighted by atomic mass is 10.0. The van der Waals surface area contributed by atoms with Crippen LogP contribution in [0.3, 0.4) is 0 Å². The van der Waals surface area contributed by atoms with Crippen LogP contribution in [0.1, 0.15) is 0 Å². The van der Waals surface area contributed by atoms with E-state index in [1.165, 1.54) is 6.07 Å². The summed E-state index contributed by atoms with van der Waals surface area (Å²) in [6.07, 6.45) is 6.92. The second kappa shape index (κ2) is 7.90. The minimum absolute atomic E-state index is 0.286. The molecule has 0 unspecified atom stereocenters. The predicted octanol–water partition coefficient (Wildman–Crippen LogP) is 4.53. The minimum Gasteiger partial charge on any atom is -0.367 e. The van der Waals surface area contributed by atoms with Crippen molar-refractivity contribution in [2.75, 3.05) is 31.1 Å². The first-order valence-corrected chi connectivity index (χ1v) is 10.8. The third kappa shape index (κ3) is 3.48. The molecule has 8 heteroatoms. The molecule has 0 spiro atoms. The first-order valence-electron chi connectivity index (χ1n) is 10.8. The van der Waals surface area contributed by atoms with E-state index in [4.69, 9.17) is 0 Å². The molecule has 1 fully saturated rings. The Morgan fingerprint density at radius 1 is 0.818 bits per heavy atom. The Kier molecular flexibility index (Phi) is 4.73. The van der Waals surface area contributed by atoms with Crippen LogP contribution in [0.5, 0.6) is 0 Å². The zero-order valence-corrected chi connectivity index (χ0v) is 17.6. The molecular weight excluding hydrogens is 422 g/mol. The van der Waals surface area contributed by atoms with Gasteiger partial charge < -0.3 is 15.2 Å². The summed E-state index contributed by atoms with van der Waals surface area (Å²) in [6.45, 7) is 2.73. The Morgan fingerprint density at radius 2 is 1.64 bits per heavy atom. The maximum atomic E-state index is 14.6. The number of aromatic nitrogens is 4. The van der Waals surface area contributed by atoms with Crippen molar-refractivity contribution in [3.63, 3.8) is 0 Å². The Labute approximate surface area is 188 Å². The summed E-state index contributed by atoms with van der Waals surface area (Å²) in [6, 6.07) is 10.8. The maximum Gasteiger partial charge on any atom is 0.182 e. The highest BCUT2D eigenvalue weighted by Crippen LogP contribution is 2.34. The molecule has 164 valence electrons. The third-order valence-electron chi connectivity index (χ3n) is 6.11. The van der Waals surface area contributed by atoms with Gasteiger partial charge in [0.05, 0.1) is 16.7 Å². The lowest BCUT2D eigenvalue weighted by Crippen LogP contribution is -2.44. The topological polar surface area (TPSA) is 69.7 Å². The number of rotatable bonds is 3. The molecule has 33 heavy (non-hydrogen) atoms. The summed E-state index contributed by atoms with van der Waals surface area (Å²) in [5.41, 5.74) is 5.87. The van der Waals surface area contributed by atoms with E-state index in [1.807, 2.05) is 35.4 Å². The van der Waals surface area contributed by atoms with Crippen molar-refractivity contribution in [3.05, 3.63) is 72.8 Å². The number of aromatic amines is 1. The predicted molar refractivity (Wildman–Crippen MR) is 125 cm³/mol. The van der Waals surface area contributed by atoms with Gasteiger partial charge in [-0.3, -0.25) is 9.97 Å². The number of H-pyrrole nitrogens is 1. The van der Waals surface area contributed by atoms with E-state index in [0.717, 1.165) is 51.8 Å². The van der Waals surface area contributed by atoms with Crippen LogP contribution in [-0.2, 0) is 0 Å². The molecule has 5 aromatic rings. The lowest BCUT2D eigenvalue weighted by molar-refractivity contribution is 0.500. The molecule has 1 aliphatic heterocycles. The molecule has 0 amide bonds. The molecule has 3 aromatic heterocycles. The van der Waals surface area contributed by atoms with Crippen LogP contribution in [0.4, 0.5) is 14.5 Å². The molecule has 0 aliphatic carbocycles. The minimum atomic E-state index is -0.858. The molecule has 4 heterocycles. The molecule has 0 atom stereocenters. The maximum absolute atomic E-state index is 14.6. The monoisotopic (exact) mass is 442 g/mol. The fourth-order valence-electron chi connectivity index (χ4n) is 4.41. The van der Waals surface area contributed by atoms with Gasteiger partial charge in [0, 0.05) is 67.5 Å². The van der Waals surface area contributed by atoms with Crippen molar-refractivity contribution < 1.29 is 8.78 Å². The zero-order chi connectivity index (χ0) is 22.4. The van der Waals surface area contributed by atoms with E-state index in [1.54, 1.807) is 24.7 Å². The number of fused-ring (bicyclic) bond motifs is 2. The number of piperazine rings is 1. The Balaban J connectivity index is 1.45. The summed E-state index contributed by atoms with van der Waals surface area (Å²) in [4.78, 5) is 18.3. The summed E-state index contributed by atoms with van der Waals surface area (Å²) >= 11 is 0. The first-order chi connectivity index (χ1) is 16.2. The first kappa shape index (κ1) is 19.8. The fraction of sp³-hybridized carbons (Fsp3) is 0.160. The second-order valence-corrected chi connectivity index (χ2v) is 8.11. The van der Waals surface area contributed by atoms with Crippen molar-refractivity contribution >= 4 is 27.8 Å². The van der Waals surface area contributed by atoms with E-state index >= 15 is 0 Å². The van der Waals surface area contributed by atoms with Crippen LogP contribution in [-0.4, -0.2) is 46.1 Å². The number of hydrogen-bond donors (Lipinski definition) is 2. The molecule has 2 N–H and O–H groups in total. The van der Waals surface area contributed by atoms with Gasteiger partial charge in [0.2, 0.25) is 0 Å². The Morgan fingerprint density at radius 3 is 2.48 bits per heavy atom. The van der Waals surface area contributed by atoms with Gasteiger partial charge in [0.1, 0.15) is 5.65 Å². The van der Waals surface area contributed by atoms with Crippen molar-refractivity contribution in [1.29, 1.82) is 0 Å². The quantitative estimate of drug-likeness (QED) is 0.430. The van der Waals surface area contributed by atoms with Crippen LogP contribution in [0.15, 0.2) is 61.2 Å². The molecule has 6 rings (SSSR count). The van der Waals surface area contributed by atoms with Gasteiger partial charge in [-0.1, -0.05) is 6.07 Å². The molecule has 0 radical (unpaired) electrons. The van der Waals surface area contributed by atoms with E-state index in [2.05, 4.69) is 25.3 Å². The fourth-order valence-corrected chi connectivity index (χ4v) is 4.41. The second-order valence-electron chi connectivity index (χ2n) is 8.11. The van der Waals surface area contributed by atoms with Gasteiger partial charge in [-0.05, 0) is 41.5 Å². The van der Waals surface area contributed by atoms with Gasteiger partial charge in [0.25, 0.3) is 0 Å². The average Bonchev–Trinajstić information content (AvgIpc) is 3.29. The third-order valence-corrected chi connectivity index (χ3v) is 6.11. The number of halogens is 2. The van der Waals surface area contributed by atoms with Gasteiger partial charge in [-0.15, -0.1) is 0 Å². The van der Waals surface area contributed by atoms with Gasteiger partial charge in [-0.2, -0.15) is 0 Å². The number of anilines is 1. The van der Waals surface area contributed by atoms with E-state index in [-0.39, 0.29) is 5.69 Å². The lowest BCUT2D eigenvalue weighted by Gasteiger charge is -2.30. The van der Waals surface area contributed by atoms with Crippen LogP contribution >= 0.6 is 0 Å². The van der Waals surface area contributed by atoms with Gasteiger partial charge >= 0.3 is 0 Å². The average molecular weight is 442 g/mol. The Bertz CT molecular complexity index is 1490.